The van der Waals surface area contributed by atoms with Crippen molar-refractivity contribution < 1.29 is 4.74 Å². The highest BCUT2D eigenvalue weighted by Crippen LogP contribution is 2.20. The van der Waals surface area contributed by atoms with Gasteiger partial charge in [-0.15, -0.1) is 0 Å². The molecule has 2 nitrogen and oxygen atoms in total. The fourth-order valence-electron chi connectivity index (χ4n) is 1.46. The van der Waals surface area contributed by atoms with Crippen LogP contribution in [0.25, 0.3) is 0 Å². The van der Waals surface area contributed by atoms with Gasteiger partial charge in [-0.3, -0.25) is 0 Å². The molecular formula is C8H17NO. The normalized spacial score (nSPS) is 34.2. The van der Waals surface area contributed by atoms with E-state index in [2.05, 4.69) is 6.92 Å². The van der Waals surface area contributed by atoms with Gasteiger partial charge in [0, 0.05) is 6.61 Å². The van der Waals surface area contributed by atoms with E-state index in [1.807, 2.05) is 0 Å². The maximum absolute atomic E-state index is 5.51. The fraction of sp³-hybridized carbons (Fsp3) is 1.00. The van der Waals surface area contributed by atoms with Crippen LogP contribution in [0.1, 0.15) is 26.2 Å². The third kappa shape index (κ3) is 2.27. The molecular weight excluding hydrogens is 126 g/mol. The van der Waals surface area contributed by atoms with Gasteiger partial charge < -0.3 is 10.5 Å². The van der Waals surface area contributed by atoms with E-state index in [4.69, 9.17) is 10.5 Å². The zero-order valence-corrected chi connectivity index (χ0v) is 6.68. The highest BCUT2D eigenvalue weighted by Gasteiger charge is 2.17. The fourth-order valence-corrected chi connectivity index (χ4v) is 1.46. The Hall–Kier alpha value is -0.0800. The van der Waals surface area contributed by atoms with Gasteiger partial charge in [-0.05, 0) is 31.7 Å². The molecule has 0 amide bonds. The Bertz CT molecular complexity index is 93.3. The van der Waals surface area contributed by atoms with E-state index < -0.39 is 0 Å². The van der Waals surface area contributed by atoms with Crippen molar-refractivity contribution in [2.45, 2.75) is 32.3 Å². The van der Waals surface area contributed by atoms with Crippen molar-refractivity contribution in [3.05, 3.63) is 0 Å². The van der Waals surface area contributed by atoms with Crippen molar-refractivity contribution in [2.75, 3.05) is 13.2 Å². The molecule has 0 aromatic rings. The molecule has 2 atom stereocenters. The SMILES string of the molecule is CC1CCOC(CCN)C1. The molecule has 0 spiro atoms. The molecule has 2 heteroatoms. The van der Waals surface area contributed by atoms with Gasteiger partial charge in [0.15, 0.2) is 0 Å². The summed E-state index contributed by atoms with van der Waals surface area (Å²) in [7, 11) is 0. The minimum atomic E-state index is 0.453. The highest BCUT2D eigenvalue weighted by atomic mass is 16.5. The van der Waals surface area contributed by atoms with Crippen LogP contribution < -0.4 is 5.73 Å². The molecule has 60 valence electrons. The van der Waals surface area contributed by atoms with Crippen LogP contribution in [0, 0.1) is 5.92 Å². The second-order valence-corrected chi connectivity index (χ2v) is 3.20. The summed E-state index contributed by atoms with van der Waals surface area (Å²) in [5.74, 6) is 0.838. The Morgan fingerprint density at radius 1 is 1.60 bits per heavy atom. The molecule has 1 saturated heterocycles. The molecule has 1 heterocycles. The monoisotopic (exact) mass is 143 g/mol. The lowest BCUT2D eigenvalue weighted by Gasteiger charge is -2.26. The van der Waals surface area contributed by atoms with Crippen molar-refractivity contribution in [2.24, 2.45) is 11.7 Å². The second kappa shape index (κ2) is 3.94. The first-order valence-corrected chi connectivity index (χ1v) is 4.14. The summed E-state index contributed by atoms with van der Waals surface area (Å²) in [5, 5.41) is 0. The summed E-state index contributed by atoms with van der Waals surface area (Å²) >= 11 is 0. The maximum atomic E-state index is 5.51. The van der Waals surface area contributed by atoms with Crippen LogP contribution in [-0.2, 0) is 4.74 Å². The Morgan fingerprint density at radius 2 is 2.40 bits per heavy atom. The third-order valence-corrected chi connectivity index (χ3v) is 2.12. The van der Waals surface area contributed by atoms with Crippen molar-refractivity contribution in [3.8, 4) is 0 Å². The number of ether oxygens (including phenoxy) is 1. The summed E-state index contributed by atoms with van der Waals surface area (Å²) in [6, 6.07) is 0. The molecule has 10 heavy (non-hydrogen) atoms. The molecule has 1 rings (SSSR count). The molecule has 2 unspecified atom stereocenters. The van der Waals surface area contributed by atoms with Crippen LogP contribution in [-0.4, -0.2) is 19.3 Å². The minimum absolute atomic E-state index is 0.453. The van der Waals surface area contributed by atoms with Gasteiger partial charge in [0.1, 0.15) is 0 Å². The molecule has 0 aromatic carbocycles. The predicted octanol–water partition coefficient (Wildman–Crippen LogP) is 1.15. The average molecular weight is 143 g/mol. The van der Waals surface area contributed by atoms with Gasteiger partial charge in [0.25, 0.3) is 0 Å². The van der Waals surface area contributed by atoms with Gasteiger partial charge in [0.05, 0.1) is 6.10 Å². The first-order chi connectivity index (χ1) is 4.83. The molecule has 0 aliphatic carbocycles. The number of rotatable bonds is 2. The Labute approximate surface area is 62.7 Å². The van der Waals surface area contributed by atoms with Gasteiger partial charge in [0.2, 0.25) is 0 Å². The lowest BCUT2D eigenvalue weighted by Crippen LogP contribution is -2.26. The van der Waals surface area contributed by atoms with Crippen LogP contribution >= 0.6 is 0 Å². The van der Waals surface area contributed by atoms with E-state index in [0.29, 0.717) is 6.10 Å². The first kappa shape index (κ1) is 8.02. The van der Waals surface area contributed by atoms with Crippen LogP contribution in [0.5, 0.6) is 0 Å². The minimum Gasteiger partial charge on any atom is -0.378 e. The number of hydrogen-bond donors (Lipinski definition) is 1. The molecule has 1 aliphatic rings. The lowest BCUT2D eigenvalue weighted by atomic mass is 9.96. The zero-order valence-electron chi connectivity index (χ0n) is 6.68. The smallest absolute Gasteiger partial charge is 0.0589 e. The van der Waals surface area contributed by atoms with Crippen LogP contribution in [0.3, 0.4) is 0 Å². The summed E-state index contributed by atoms with van der Waals surface area (Å²) in [6.45, 7) is 3.98. The summed E-state index contributed by atoms with van der Waals surface area (Å²) in [4.78, 5) is 0. The van der Waals surface area contributed by atoms with Gasteiger partial charge in [-0.2, -0.15) is 0 Å². The lowest BCUT2D eigenvalue weighted by molar-refractivity contribution is -0.00773. The number of hydrogen-bond acceptors (Lipinski definition) is 2. The third-order valence-electron chi connectivity index (χ3n) is 2.12. The van der Waals surface area contributed by atoms with Crippen LogP contribution in [0.2, 0.25) is 0 Å². The largest absolute Gasteiger partial charge is 0.378 e. The van der Waals surface area contributed by atoms with Gasteiger partial charge in [-0.1, -0.05) is 6.92 Å². The Balaban J connectivity index is 2.18. The first-order valence-electron chi connectivity index (χ1n) is 4.14. The maximum Gasteiger partial charge on any atom is 0.0589 e. The quantitative estimate of drug-likeness (QED) is 0.629. The van der Waals surface area contributed by atoms with Gasteiger partial charge in [-0.25, -0.2) is 0 Å². The Morgan fingerprint density at radius 3 is 3.00 bits per heavy atom. The molecule has 0 bridgehead atoms. The van der Waals surface area contributed by atoms with E-state index in [0.717, 1.165) is 25.5 Å². The highest BCUT2D eigenvalue weighted by molar-refractivity contribution is 4.68. The molecule has 1 aliphatic heterocycles. The van der Waals surface area contributed by atoms with E-state index in [9.17, 15) is 0 Å². The molecule has 1 fully saturated rings. The van der Waals surface area contributed by atoms with E-state index in [-0.39, 0.29) is 0 Å². The molecule has 2 N–H and O–H groups in total. The van der Waals surface area contributed by atoms with Crippen molar-refractivity contribution in [1.82, 2.24) is 0 Å². The van der Waals surface area contributed by atoms with Crippen LogP contribution in [0.4, 0.5) is 0 Å². The molecule has 0 aromatic heterocycles. The van der Waals surface area contributed by atoms with Crippen molar-refractivity contribution in [1.29, 1.82) is 0 Å². The van der Waals surface area contributed by atoms with E-state index in [1.54, 1.807) is 0 Å². The zero-order chi connectivity index (χ0) is 7.40. The summed E-state index contributed by atoms with van der Waals surface area (Å²) < 4.78 is 5.51. The summed E-state index contributed by atoms with van der Waals surface area (Å²) in [6.07, 6.45) is 3.91. The average Bonchev–Trinajstić information content (AvgIpc) is 1.88. The molecule has 0 saturated carbocycles. The second-order valence-electron chi connectivity index (χ2n) is 3.20. The van der Waals surface area contributed by atoms with Crippen LogP contribution in [0.15, 0.2) is 0 Å². The van der Waals surface area contributed by atoms with Crippen molar-refractivity contribution in [3.63, 3.8) is 0 Å². The van der Waals surface area contributed by atoms with E-state index >= 15 is 0 Å². The van der Waals surface area contributed by atoms with Gasteiger partial charge >= 0.3 is 0 Å². The summed E-state index contributed by atoms with van der Waals surface area (Å²) in [5.41, 5.74) is 5.42. The predicted molar refractivity (Wildman–Crippen MR) is 41.8 cm³/mol. The standard InChI is InChI=1S/C8H17NO/c1-7-3-5-10-8(6-7)2-4-9/h7-8H,2-6,9H2,1H3. The van der Waals surface area contributed by atoms with E-state index in [1.165, 1.54) is 12.8 Å². The molecule has 0 radical (unpaired) electrons. The number of nitrogens with two attached hydrogens (primary N) is 1. The van der Waals surface area contributed by atoms with Crippen molar-refractivity contribution >= 4 is 0 Å². The topological polar surface area (TPSA) is 35.2 Å². The Kier molecular flexibility index (Phi) is 3.16.